The van der Waals surface area contributed by atoms with Crippen LogP contribution >= 0.6 is 0 Å². The highest BCUT2D eigenvalue weighted by molar-refractivity contribution is 5.89. The lowest BCUT2D eigenvalue weighted by atomic mass is 10.1. The molecule has 4 aromatic rings. The molecule has 0 atom stereocenters. The summed E-state index contributed by atoms with van der Waals surface area (Å²) in [4.78, 5) is 35.2. The first kappa shape index (κ1) is 33.9. The topological polar surface area (TPSA) is 88.1 Å². The minimum absolute atomic E-state index is 0.189. The number of esters is 3. The maximum absolute atomic E-state index is 12.5. The Hall–Kier alpha value is -7.01. The quantitative estimate of drug-likeness (QED) is 0.0987. The van der Waals surface area contributed by atoms with Crippen LogP contribution in [-0.4, -0.2) is 25.0 Å². The van der Waals surface area contributed by atoms with Gasteiger partial charge in [-0.15, -0.1) is 0 Å². The molecule has 0 N–H and O–H groups in total. The van der Waals surface area contributed by atoms with Crippen molar-refractivity contribution < 1.29 is 33.3 Å². The van der Waals surface area contributed by atoms with Gasteiger partial charge in [-0.2, -0.15) is 0 Å². The van der Waals surface area contributed by atoms with Gasteiger partial charge in [-0.05, 0) is 79.7 Å². The van der Waals surface area contributed by atoms with Crippen molar-refractivity contribution in [2.75, 3.05) is 7.11 Å². The average molecular weight is 633 g/mol. The van der Waals surface area contributed by atoms with Crippen molar-refractivity contribution >= 4 is 17.9 Å². The standard InChI is InChI=1S/C41H28O7/c1-6-39(42)46-35-22-16-31(17-23-35)13-10-29-8-11-30(12-9-29)14-20-33-27-38(48-41(44)28(3)4)34(26-37(33)45-5)21-15-32-18-24-36(25-19-32)47-40(43)7-2/h6-9,11-12,16-19,22-27H,1-3H2,4-5H3. The first-order valence-corrected chi connectivity index (χ1v) is 14.3. The lowest BCUT2D eigenvalue weighted by molar-refractivity contribution is -0.130. The lowest BCUT2D eigenvalue weighted by Crippen LogP contribution is -2.09. The van der Waals surface area contributed by atoms with E-state index in [-0.39, 0.29) is 11.3 Å². The van der Waals surface area contributed by atoms with Crippen molar-refractivity contribution in [3.8, 4) is 58.5 Å². The van der Waals surface area contributed by atoms with Crippen molar-refractivity contribution in [3.05, 3.63) is 156 Å². The zero-order chi connectivity index (χ0) is 34.5. The number of hydrogen-bond acceptors (Lipinski definition) is 7. The fraction of sp³-hybridized carbons (Fsp3) is 0.0488. The van der Waals surface area contributed by atoms with Crippen molar-refractivity contribution in [2.24, 2.45) is 0 Å². The van der Waals surface area contributed by atoms with Gasteiger partial charge in [0, 0.05) is 52.1 Å². The Morgan fingerprint density at radius 2 is 0.917 bits per heavy atom. The van der Waals surface area contributed by atoms with Gasteiger partial charge in [0.05, 0.1) is 18.2 Å². The Labute approximate surface area is 279 Å². The smallest absolute Gasteiger partial charge is 0.338 e. The second-order valence-corrected chi connectivity index (χ2v) is 9.85. The van der Waals surface area contributed by atoms with Gasteiger partial charge in [0.1, 0.15) is 23.0 Å². The summed E-state index contributed by atoms with van der Waals surface area (Å²) in [6.07, 6.45) is 2.18. The largest absolute Gasteiger partial charge is 0.495 e. The molecule has 0 saturated heterocycles. The molecule has 0 amide bonds. The molecule has 4 aromatic carbocycles. The molecule has 0 bridgehead atoms. The van der Waals surface area contributed by atoms with E-state index in [1.54, 1.807) is 67.6 Å². The minimum atomic E-state index is -0.612. The normalized spacial score (nSPS) is 9.46. The second kappa shape index (κ2) is 16.3. The van der Waals surface area contributed by atoms with Crippen molar-refractivity contribution in [3.63, 3.8) is 0 Å². The Morgan fingerprint density at radius 1 is 0.562 bits per heavy atom. The van der Waals surface area contributed by atoms with Gasteiger partial charge < -0.3 is 18.9 Å². The first-order chi connectivity index (χ1) is 23.2. The third kappa shape index (κ3) is 9.74. The Morgan fingerprint density at radius 3 is 1.29 bits per heavy atom. The molecule has 0 saturated carbocycles. The number of hydrogen-bond donors (Lipinski definition) is 0. The van der Waals surface area contributed by atoms with Crippen LogP contribution in [0.5, 0.6) is 23.0 Å². The lowest BCUT2D eigenvalue weighted by Gasteiger charge is -2.10. The summed E-state index contributed by atoms with van der Waals surface area (Å²) in [6.45, 7) is 12.0. The van der Waals surface area contributed by atoms with Crippen molar-refractivity contribution in [2.45, 2.75) is 6.92 Å². The molecule has 0 aliphatic rings. The molecule has 7 heteroatoms. The molecular weight excluding hydrogens is 604 g/mol. The van der Waals surface area contributed by atoms with E-state index in [1.807, 2.05) is 24.3 Å². The zero-order valence-corrected chi connectivity index (χ0v) is 26.2. The average Bonchev–Trinajstić information content (AvgIpc) is 3.10. The molecule has 48 heavy (non-hydrogen) atoms. The highest BCUT2D eigenvalue weighted by Gasteiger charge is 2.14. The number of carbonyl (C=O) groups excluding carboxylic acids is 3. The summed E-state index contributed by atoms with van der Waals surface area (Å²) in [5.41, 5.74) is 3.98. The van der Waals surface area contributed by atoms with Gasteiger partial charge in [-0.1, -0.05) is 55.3 Å². The summed E-state index contributed by atoms with van der Waals surface area (Å²) in [7, 11) is 1.51. The van der Waals surface area contributed by atoms with Crippen molar-refractivity contribution in [1.82, 2.24) is 0 Å². The van der Waals surface area contributed by atoms with Crippen LogP contribution in [0.3, 0.4) is 0 Å². The van der Waals surface area contributed by atoms with E-state index in [9.17, 15) is 14.4 Å². The van der Waals surface area contributed by atoms with Crippen molar-refractivity contribution in [1.29, 1.82) is 0 Å². The van der Waals surface area contributed by atoms with Gasteiger partial charge in [0.25, 0.3) is 0 Å². The van der Waals surface area contributed by atoms with Crippen LogP contribution in [0.15, 0.2) is 122 Å². The number of carbonyl (C=O) groups is 3. The highest BCUT2D eigenvalue weighted by atomic mass is 16.5. The molecule has 0 unspecified atom stereocenters. The molecular formula is C41H28O7. The molecule has 7 nitrogen and oxygen atoms in total. The van der Waals surface area contributed by atoms with Crippen LogP contribution in [0.2, 0.25) is 0 Å². The van der Waals surface area contributed by atoms with Crippen LogP contribution in [0, 0.1) is 35.5 Å². The van der Waals surface area contributed by atoms with E-state index in [0.29, 0.717) is 33.9 Å². The third-order valence-corrected chi connectivity index (χ3v) is 6.25. The van der Waals surface area contributed by atoms with E-state index in [2.05, 4.69) is 55.3 Å². The predicted octanol–water partition coefficient (Wildman–Crippen LogP) is 6.56. The van der Waals surface area contributed by atoms with Crippen LogP contribution in [0.1, 0.15) is 40.3 Å². The Bertz CT molecular complexity index is 2080. The summed E-state index contributed by atoms with van der Waals surface area (Å²) in [5, 5.41) is 0. The Kier molecular flexibility index (Phi) is 11.5. The molecule has 0 heterocycles. The molecule has 0 spiro atoms. The molecule has 0 aromatic heterocycles. The first-order valence-electron chi connectivity index (χ1n) is 14.3. The summed E-state index contributed by atoms with van der Waals surface area (Å²) >= 11 is 0. The maximum Gasteiger partial charge on any atom is 0.338 e. The van der Waals surface area contributed by atoms with Crippen LogP contribution in [-0.2, 0) is 14.4 Å². The van der Waals surface area contributed by atoms with E-state index in [0.717, 1.165) is 28.8 Å². The summed E-state index contributed by atoms with van der Waals surface area (Å²) < 4.78 is 21.4. The van der Waals surface area contributed by atoms with E-state index in [4.69, 9.17) is 18.9 Å². The van der Waals surface area contributed by atoms with Crippen LogP contribution < -0.4 is 18.9 Å². The summed E-state index contributed by atoms with van der Waals surface area (Å²) in [6, 6.07) is 24.1. The second-order valence-electron chi connectivity index (χ2n) is 9.85. The number of methoxy groups -OCH3 is 1. The van der Waals surface area contributed by atoms with Gasteiger partial charge in [-0.3, -0.25) is 0 Å². The summed E-state index contributed by atoms with van der Waals surface area (Å²) in [5.74, 6) is 18.1. The minimum Gasteiger partial charge on any atom is -0.495 e. The van der Waals surface area contributed by atoms with Gasteiger partial charge >= 0.3 is 17.9 Å². The molecule has 234 valence electrons. The highest BCUT2D eigenvalue weighted by Crippen LogP contribution is 2.29. The van der Waals surface area contributed by atoms with Crippen LogP contribution in [0.4, 0.5) is 0 Å². The molecule has 0 aliphatic carbocycles. The fourth-order valence-electron chi connectivity index (χ4n) is 3.78. The third-order valence-electron chi connectivity index (χ3n) is 6.25. The number of rotatable bonds is 7. The van der Waals surface area contributed by atoms with E-state index < -0.39 is 17.9 Å². The number of ether oxygens (including phenoxy) is 4. The van der Waals surface area contributed by atoms with E-state index >= 15 is 0 Å². The molecule has 0 fully saturated rings. The molecule has 0 aliphatic heterocycles. The SMILES string of the molecule is C=CC(=O)Oc1ccc(C#Cc2ccc(C#Cc3cc(OC(=O)C(=C)C)c(C#Cc4ccc(OC(=O)C=C)cc4)cc3OC)cc2)cc1. The molecule has 0 radical (unpaired) electrons. The maximum atomic E-state index is 12.5. The molecule has 4 rings (SSSR count). The monoisotopic (exact) mass is 632 g/mol. The van der Waals surface area contributed by atoms with Gasteiger partial charge in [0.2, 0.25) is 0 Å². The van der Waals surface area contributed by atoms with Gasteiger partial charge in [0.15, 0.2) is 0 Å². The fourth-order valence-corrected chi connectivity index (χ4v) is 3.78. The number of benzene rings is 4. The van der Waals surface area contributed by atoms with Gasteiger partial charge in [-0.25, -0.2) is 14.4 Å². The Balaban J connectivity index is 1.56. The predicted molar refractivity (Wildman–Crippen MR) is 182 cm³/mol. The van der Waals surface area contributed by atoms with Crippen LogP contribution in [0.25, 0.3) is 0 Å². The van der Waals surface area contributed by atoms with E-state index in [1.165, 1.54) is 7.11 Å². The zero-order valence-electron chi connectivity index (χ0n) is 26.2.